The van der Waals surface area contributed by atoms with Crippen molar-refractivity contribution < 1.29 is 8.42 Å². The molecule has 2 unspecified atom stereocenters. The average molecular weight is 316 g/mol. The summed E-state index contributed by atoms with van der Waals surface area (Å²) in [7, 11) is 0.741. The van der Waals surface area contributed by atoms with Crippen molar-refractivity contribution in [3.8, 4) is 0 Å². The number of rotatable bonds is 4. The van der Waals surface area contributed by atoms with E-state index in [1.54, 1.807) is 10.4 Å². The second-order valence-corrected chi connectivity index (χ2v) is 9.58. The van der Waals surface area contributed by atoms with Gasteiger partial charge in [0.15, 0.2) is 0 Å². The molecule has 20 heavy (non-hydrogen) atoms. The highest BCUT2D eigenvalue weighted by atomic mass is 32.2. The molecule has 0 aromatic carbocycles. The Hall–Kier alpha value is -0.430. The van der Waals surface area contributed by atoms with Gasteiger partial charge in [-0.05, 0) is 45.0 Å². The highest BCUT2D eigenvalue weighted by Gasteiger charge is 2.41. The van der Waals surface area contributed by atoms with Crippen LogP contribution in [-0.2, 0) is 10.0 Å². The van der Waals surface area contributed by atoms with E-state index in [4.69, 9.17) is 0 Å². The zero-order chi connectivity index (χ0) is 15.1. The predicted molar refractivity (Wildman–Crippen MR) is 83.6 cm³/mol. The first-order chi connectivity index (χ1) is 9.23. The molecule has 0 bridgehead atoms. The van der Waals surface area contributed by atoms with Crippen LogP contribution in [0.4, 0.5) is 0 Å². The van der Waals surface area contributed by atoms with Crippen molar-refractivity contribution in [1.29, 1.82) is 0 Å². The van der Waals surface area contributed by atoms with Crippen LogP contribution >= 0.6 is 11.3 Å². The zero-order valence-corrected chi connectivity index (χ0v) is 14.5. The molecule has 0 radical (unpaired) electrons. The van der Waals surface area contributed by atoms with Crippen LogP contribution in [-0.4, -0.2) is 50.8 Å². The van der Waals surface area contributed by atoms with Crippen molar-refractivity contribution in [2.45, 2.75) is 31.0 Å². The minimum atomic E-state index is -3.33. The topological polar surface area (TPSA) is 40.6 Å². The fraction of sp³-hybridized carbons (Fsp3) is 0.714. The van der Waals surface area contributed by atoms with E-state index in [0.29, 0.717) is 35.2 Å². The fourth-order valence-electron chi connectivity index (χ4n) is 2.85. The van der Waals surface area contributed by atoms with Crippen molar-refractivity contribution in [2.24, 2.45) is 11.8 Å². The number of thiophene rings is 1. The van der Waals surface area contributed by atoms with Gasteiger partial charge in [0.1, 0.15) is 4.21 Å². The lowest BCUT2D eigenvalue weighted by molar-refractivity contribution is 0.216. The summed E-state index contributed by atoms with van der Waals surface area (Å²) in [6, 6.07) is 3.89. The van der Waals surface area contributed by atoms with Crippen molar-refractivity contribution in [3.05, 3.63) is 17.0 Å². The van der Waals surface area contributed by atoms with Crippen LogP contribution in [0.5, 0.6) is 0 Å². The van der Waals surface area contributed by atoms with Crippen LogP contribution in [0.15, 0.2) is 16.3 Å². The van der Waals surface area contributed by atoms with E-state index < -0.39 is 10.0 Å². The van der Waals surface area contributed by atoms with E-state index in [2.05, 4.69) is 18.7 Å². The van der Waals surface area contributed by atoms with Crippen LogP contribution in [0, 0.1) is 18.8 Å². The van der Waals surface area contributed by atoms with Crippen LogP contribution < -0.4 is 0 Å². The standard InChI is InChI=1S/C14H24N2O2S2/c1-10(2)12-8-16(9-13(12)15(4)5)20(17,18)14-7-6-11(3)19-14/h6-7,10,12-13H,8-9H2,1-5H3. The van der Waals surface area contributed by atoms with E-state index in [-0.39, 0.29) is 0 Å². The maximum Gasteiger partial charge on any atom is 0.252 e. The monoisotopic (exact) mass is 316 g/mol. The fourth-order valence-corrected chi connectivity index (χ4v) is 5.78. The van der Waals surface area contributed by atoms with Gasteiger partial charge in [0.05, 0.1) is 0 Å². The number of hydrogen-bond donors (Lipinski definition) is 0. The molecule has 1 aliphatic rings. The third kappa shape index (κ3) is 2.93. The molecule has 0 N–H and O–H groups in total. The van der Waals surface area contributed by atoms with E-state index in [0.717, 1.165) is 4.88 Å². The minimum Gasteiger partial charge on any atom is -0.305 e. The predicted octanol–water partition coefficient (Wildman–Crippen LogP) is 2.26. The molecule has 2 rings (SSSR count). The zero-order valence-electron chi connectivity index (χ0n) is 12.8. The summed E-state index contributed by atoms with van der Waals surface area (Å²) in [4.78, 5) is 3.19. The summed E-state index contributed by atoms with van der Waals surface area (Å²) < 4.78 is 27.5. The molecule has 4 nitrogen and oxygen atoms in total. The van der Waals surface area contributed by atoms with Crippen LogP contribution in [0.2, 0.25) is 0 Å². The summed E-state index contributed by atoms with van der Waals surface area (Å²) in [5.41, 5.74) is 0. The molecule has 2 heterocycles. The molecule has 2 atom stereocenters. The maximum atomic E-state index is 12.7. The minimum absolute atomic E-state index is 0.297. The SMILES string of the molecule is Cc1ccc(S(=O)(=O)N2CC(C(C)C)C(N(C)C)C2)s1. The van der Waals surface area contributed by atoms with Gasteiger partial charge in [0.25, 0.3) is 10.0 Å². The Morgan fingerprint density at radius 2 is 1.95 bits per heavy atom. The first kappa shape index (κ1) is 15.9. The van der Waals surface area contributed by atoms with E-state index >= 15 is 0 Å². The molecule has 0 spiro atoms. The summed E-state index contributed by atoms with van der Waals surface area (Å²) in [6.45, 7) is 7.50. The van der Waals surface area contributed by atoms with Crippen molar-refractivity contribution in [3.63, 3.8) is 0 Å². The van der Waals surface area contributed by atoms with Gasteiger partial charge in [-0.2, -0.15) is 4.31 Å². The average Bonchev–Trinajstić information content (AvgIpc) is 2.94. The molecule has 1 aromatic rings. The summed E-state index contributed by atoms with van der Waals surface area (Å²) in [5.74, 6) is 0.869. The Kier molecular flexibility index (Phi) is 4.59. The second kappa shape index (κ2) is 5.75. The van der Waals surface area contributed by atoms with E-state index in [1.165, 1.54) is 11.3 Å². The Bertz CT molecular complexity index is 547. The number of aryl methyl sites for hydroxylation is 1. The Morgan fingerprint density at radius 1 is 1.30 bits per heavy atom. The molecule has 1 saturated heterocycles. The number of hydrogen-bond acceptors (Lipinski definition) is 4. The Morgan fingerprint density at radius 3 is 2.35 bits per heavy atom. The second-order valence-electron chi connectivity index (χ2n) is 6.13. The van der Waals surface area contributed by atoms with Crippen LogP contribution in [0.1, 0.15) is 18.7 Å². The molecule has 114 valence electrons. The molecule has 0 aliphatic carbocycles. The number of likely N-dealkylation sites (N-methyl/N-ethyl adjacent to an activating group) is 1. The summed E-state index contributed by atoms with van der Waals surface area (Å²) in [6.07, 6.45) is 0. The molecule has 6 heteroatoms. The molecule has 0 saturated carbocycles. The first-order valence-corrected chi connectivity index (χ1v) is 9.22. The van der Waals surface area contributed by atoms with Crippen molar-refractivity contribution in [2.75, 3.05) is 27.2 Å². The third-order valence-electron chi connectivity index (χ3n) is 4.13. The Labute approximate surface area is 126 Å². The molecule has 1 aliphatic heterocycles. The van der Waals surface area contributed by atoms with Crippen LogP contribution in [0.3, 0.4) is 0 Å². The third-order valence-corrected chi connectivity index (χ3v) is 7.43. The van der Waals surface area contributed by atoms with Gasteiger partial charge in [0, 0.05) is 24.0 Å². The highest BCUT2D eigenvalue weighted by molar-refractivity contribution is 7.91. The molecular formula is C14H24N2O2S2. The molecule has 1 fully saturated rings. The summed E-state index contributed by atoms with van der Waals surface area (Å²) in [5, 5.41) is 0. The van der Waals surface area contributed by atoms with E-state index in [1.807, 2.05) is 27.1 Å². The summed E-state index contributed by atoms with van der Waals surface area (Å²) >= 11 is 1.36. The molecule has 0 amide bonds. The lowest BCUT2D eigenvalue weighted by atomic mass is 9.91. The van der Waals surface area contributed by atoms with Gasteiger partial charge < -0.3 is 4.90 Å². The molecule has 1 aromatic heterocycles. The van der Waals surface area contributed by atoms with Crippen molar-refractivity contribution >= 4 is 21.4 Å². The maximum absolute atomic E-state index is 12.7. The van der Waals surface area contributed by atoms with Gasteiger partial charge in [-0.15, -0.1) is 11.3 Å². The number of sulfonamides is 1. The van der Waals surface area contributed by atoms with Crippen molar-refractivity contribution in [1.82, 2.24) is 9.21 Å². The smallest absolute Gasteiger partial charge is 0.252 e. The van der Waals surface area contributed by atoms with Gasteiger partial charge >= 0.3 is 0 Å². The largest absolute Gasteiger partial charge is 0.305 e. The quantitative estimate of drug-likeness (QED) is 0.855. The normalized spacial score (nSPS) is 24.9. The van der Waals surface area contributed by atoms with Gasteiger partial charge in [-0.1, -0.05) is 13.8 Å². The first-order valence-electron chi connectivity index (χ1n) is 6.96. The van der Waals surface area contributed by atoms with Gasteiger partial charge in [-0.25, -0.2) is 8.42 Å². The molecular weight excluding hydrogens is 292 g/mol. The van der Waals surface area contributed by atoms with Crippen LogP contribution in [0.25, 0.3) is 0 Å². The van der Waals surface area contributed by atoms with Gasteiger partial charge in [0.2, 0.25) is 0 Å². The Balaban J connectivity index is 2.26. The number of nitrogens with zero attached hydrogens (tertiary/aromatic N) is 2. The lowest BCUT2D eigenvalue weighted by Crippen LogP contribution is -2.37. The van der Waals surface area contributed by atoms with Gasteiger partial charge in [-0.3, -0.25) is 0 Å². The highest BCUT2D eigenvalue weighted by Crippen LogP contribution is 2.33. The lowest BCUT2D eigenvalue weighted by Gasteiger charge is -2.27. The van der Waals surface area contributed by atoms with E-state index in [9.17, 15) is 8.42 Å².